The van der Waals surface area contributed by atoms with Gasteiger partial charge in [0.15, 0.2) is 0 Å². The van der Waals surface area contributed by atoms with E-state index in [2.05, 4.69) is 0 Å². The lowest BCUT2D eigenvalue weighted by atomic mass is 10.2. The van der Waals surface area contributed by atoms with Gasteiger partial charge in [0.1, 0.15) is 6.54 Å². The standard InChI is InChI=1S/C14H11ClF3NOS/c15-12-3-1-2-11(6-12)13(20)19(9-14(16,17)18)7-10-4-5-21-8-10/h1-6,8H,7,9H2. The third-order valence-electron chi connectivity index (χ3n) is 2.68. The fourth-order valence-corrected chi connectivity index (χ4v) is 2.67. The van der Waals surface area contributed by atoms with Crippen LogP contribution in [0.1, 0.15) is 15.9 Å². The average Bonchev–Trinajstić information content (AvgIpc) is 2.88. The smallest absolute Gasteiger partial charge is 0.325 e. The molecule has 1 heterocycles. The molecule has 7 heteroatoms. The van der Waals surface area contributed by atoms with Crippen molar-refractivity contribution >= 4 is 28.8 Å². The minimum atomic E-state index is -4.45. The maximum Gasteiger partial charge on any atom is 0.406 e. The number of halogens is 4. The maximum absolute atomic E-state index is 12.7. The van der Waals surface area contributed by atoms with Gasteiger partial charge in [0.25, 0.3) is 5.91 Å². The van der Waals surface area contributed by atoms with E-state index >= 15 is 0 Å². The molecule has 0 aliphatic rings. The van der Waals surface area contributed by atoms with Crippen LogP contribution in [0.25, 0.3) is 0 Å². The zero-order valence-corrected chi connectivity index (χ0v) is 12.3. The Balaban J connectivity index is 2.23. The van der Waals surface area contributed by atoms with Gasteiger partial charge in [-0.05, 0) is 40.6 Å². The lowest BCUT2D eigenvalue weighted by molar-refractivity contribution is -0.141. The first kappa shape index (κ1) is 15.9. The monoisotopic (exact) mass is 333 g/mol. The zero-order chi connectivity index (χ0) is 15.5. The summed E-state index contributed by atoms with van der Waals surface area (Å²) in [5.74, 6) is -0.693. The molecular weight excluding hydrogens is 323 g/mol. The molecule has 0 N–H and O–H groups in total. The summed E-state index contributed by atoms with van der Waals surface area (Å²) < 4.78 is 38.0. The summed E-state index contributed by atoms with van der Waals surface area (Å²) in [6, 6.07) is 7.60. The highest BCUT2D eigenvalue weighted by molar-refractivity contribution is 7.07. The number of alkyl halides is 3. The van der Waals surface area contributed by atoms with E-state index in [1.54, 1.807) is 22.9 Å². The van der Waals surface area contributed by atoms with E-state index in [0.29, 0.717) is 10.6 Å². The normalized spacial score (nSPS) is 11.4. The van der Waals surface area contributed by atoms with Crippen molar-refractivity contribution in [2.75, 3.05) is 6.54 Å². The van der Waals surface area contributed by atoms with Crippen LogP contribution in [-0.4, -0.2) is 23.5 Å². The molecule has 0 aliphatic heterocycles. The number of thiophene rings is 1. The van der Waals surface area contributed by atoms with Crippen molar-refractivity contribution in [3.05, 3.63) is 57.2 Å². The van der Waals surface area contributed by atoms with Gasteiger partial charge in [0, 0.05) is 17.1 Å². The molecule has 112 valence electrons. The van der Waals surface area contributed by atoms with Crippen LogP contribution >= 0.6 is 22.9 Å². The van der Waals surface area contributed by atoms with Gasteiger partial charge in [-0.2, -0.15) is 24.5 Å². The van der Waals surface area contributed by atoms with E-state index in [4.69, 9.17) is 11.6 Å². The first-order valence-corrected chi connectivity index (χ1v) is 7.30. The van der Waals surface area contributed by atoms with E-state index in [0.717, 1.165) is 4.90 Å². The van der Waals surface area contributed by atoms with E-state index in [9.17, 15) is 18.0 Å². The van der Waals surface area contributed by atoms with Crippen molar-refractivity contribution in [2.45, 2.75) is 12.7 Å². The first-order chi connectivity index (χ1) is 9.85. The number of hydrogen-bond donors (Lipinski definition) is 0. The topological polar surface area (TPSA) is 20.3 Å². The van der Waals surface area contributed by atoms with Crippen LogP contribution in [0.5, 0.6) is 0 Å². The van der Waals surface area contributed by atoms with E-state index in [1.807, 2.05) is 0 Å². The van der Waals surface area contributed by atoms with Crippen molar-refractivity contribution in [1.29, 1.82) is 0 Å². The molecule has 2 aromatic rings. The molecule has 0 atom stereocenters. The summed E-state index contributed by atoms with van der Waals surface area (Å²) in [5, 5.41) is 3.78. The zero-order valence-electron chi connectivity index (χ0n) is 10.7. The largest absolute Gasteiger partial charge is 0.406 e. The molecule has 0 spiro atoms. The predicted octanol–water partition coefficient (Wildman–Crippen LogP) is 4.61. The number of nitrogens with zero attached hydrogens (tertiary/aromatic N) is 1. The Morgan fingerprint density at radius 1 is 1.29 bits per heavy atom. The van der Waals surface area contributed by atoms with Crippen LogP contribution in [-0.2, 0) is 6.54 Å². The highest BCUT2D eigenvalue weighted by Crippen LogP contribution is 2.21. The molecule has 0 aliphatic carbocycles. The third kappa shape index (κ3) is 4.75. The van der Waals surface area contributed by atoms with Crippen LogP contribution in [0.4, 0.5) is 13.2 Å². The second-order valence-electron chi connectivity index (χ2n) is 4.42. The number of hydrogen-bond acceptors (Lipinski definition) is 2. The molecule has 0 unspecified atom stereocenters. The number of carbonyl (C=O) groups is 1. The summed E-state index contributed by atoms with van der Waals surface area (Å²) in [5.41, 5.74) is 0.807. The predicted molar refractivity (Wildman–Crippen MR) is 76.6 cm³/mol. The van der Waals surface area contributed by atoms with Gasteiger partial charge in [0.05, 0.1) is 0 Å². The molecule has 21 heavy (non-hydrogen) atoms. The Hall–Kier alpha value is -1.53. The molecular formula is C14H11ClF3NOS. The van der Waals surface area contributed by atoms with Crippen LogP contribution < -0.4 is 0 Å². The summed E-state index contributed by atoms with van der Waals surface area (Å²) in [6.07, 6.45) is -4.45. The highest BCUT2D eigenvalue weighted by atomic mass is 35.5. The van der Waals surface area contributed by atoms with Crippen LogP contribution in [0.2, 0.25) is 5.02 Å². The second-order valence-corrected chi connectivity index (χ2v) is 5.63. The Bertz CT molecular complexity index is 613. The number of rotatable bonds is 4. The Morgan fingerprint density at radius 3 is 2.62 bits per heavy atom. The van der Waals surface area contributed by atoms with Gasteiger partial charge in [-0.3, -0.25) is 4.79 Å². The highest BCUT2D eigenvalue weighted by Gasteiger charge is 2.33. The van der Waals surface area contributed by atoms with Crippen molar-refractivity contribution in [1.82, 2.24) is 4.90 Å². The summed E-state index contributed by atoms with van der Waals surface area (Å²) in [7, 11) is 0. The van der Waals surface area contributed by atoms with Crippen molar-refractivity contribution in [2.24, 2.45) is 0 Å². The molecule has 2 rings (SSSR count). The average molecular weight is 334 g/mol. The van der Waals surface area contributed by atoms with Crippen LogP contribution in [0.15, 0.2) is 41.1 Å². The molecule has 2 nitrogen and oxygen atoms in total. The maximum atomic E-state index is 12.7. The number of benzene rings is 1. The van der Waals surface area contributed by atoms with Gasteiger partial charge in [-0.25, -0.2) is 0 Å². The molecule has 0 bridgehead atoms. The van der Waals surface area contributed by atoms with Crippen molar-refractivity contribution < 1.29 is 18.0 Å². The van der Waals surface area contributed by atoms with Gasteiger partial charge >= 0.3 is 6.18 Å². The molecule has 0 radical (unpaired) electrons. The van der Waals surface area contributed by atoms with E-state index in [1.165, 1.54) is 29.5 Å². The molecule has 0 saturated carbocycles. The van der Waals surface area contributed by atoms with E-state index in [-0.39, 0.29) is 12.1 Å². The van der Waals surface area contributed by atoms with Crippen molar-refractivity contribution in [3.63, 3.8) is 0 Å². The summed E-state index contributed by atoms with van der Waals surface area (Å²) in [4.78, 5) is 13.0. The third-order valence-corrected chi connectivity index (χ3v) is 3.65. The van der Waals surface area contributed by atoms with Crippen molar-refractivity contribution in [3.8, 4) is 0 Å². The van der Waals surface area contributed by atoms with Crippen LogP contribution in [0, 0.1) is 0 Å². The first-order valence-electron chi connectivity index (χ1n) is 5.98. The minimum absolute atomic E-state index is 0.0889. The minimum Gasteiger partial charge on any atom is -0.325 e. The molecule has 0 saturated heterocycles. The second kappa shape index (κ2) is 6.49. The molecule has 0 fully saturated rings. The molecule has 1 aromatic carbocycles. The van der Waals surface area contributed by atoms with E-state index < -0.39 is 18.6 Å². The van der Waals surface area contributed by atoms with Crippen LogP contribution in [0.3, 0.4) is 0 Å². The Labute approximate surface area is 128 Å². The molecule has 1 amide bonds. The lowest BCUT2D eigenvalue weighted by Crippen LogP contribution is -2.38. The Morgan fingerprint density at radius 2 is 2.05 bits per heavy atom. The Kier molecular flexibility index (Phi) is 4.90. The summed E-state index contributed by atoms with van der Waals surface area (Å²) in [6.45, 7) is -1.39. The SMILES string of the molecule is O=C(c1cccc(Cl)c1)N(Cc1ccsc1)CC(F)(F)F. The number of carbonyl (C=O) groups excluding carboxylic acids is 1. The quantitative estimate of drug-likeness (QED) is 0.800. The fraction of sp³-hybridized carbons (Fsp3) is 0.214. The number of amides is 1. The van der Waals surface area contributed by atoms with Gasteiger partial charge in [0.2, 0.25) is 0 Å². The van der Waals surface area contributed by atoms with Gasteiger partial charge in [-0.15, -0.1) is 0 Å². The molecule has 1 aromatic heterocycles. The fourth-order valence-electron chi connectivity index (χ4n) is 1.82. The van der Waals surface area contributed by atoms with Gasteiger partial charge in [-0.1, -0.05) is 17.7 Å². The van der Waals surface area contributed by atoms with Gasteiger partial charge < -0.3 is 4.90 Å². The summed E-state index contributed by atoms with van der Waals surface area (Å²) >= 11 is 7.15. The lowest BCUT2D eigenvalue weighted by Gasteiger charge is -2.23.